The van der Waals surface area contributed by atoms with E-state index in [-0.39, 0.29) is 6.04 Å². The number of nitrogens with zero attached hydrogens (tertiary/aromatic N) is 3. The molecule has 0 aliphatic carbocycles. The molecular weight excluding hydrogens is 498 g/mol. The lowest BCUT2D eigenvalue weighted by atomic mass is 9.99. The molecule has 0 bridgehead atoms. The van der Waals surface area contributed by atoms with E-state index in [4.69, 9.17) is 0 Å². The first-order valence-corrected chi connectivity index (χ1v) is 14.8. The Balaban J connectivity index is 1.43. The predicted molar refractivity (Wildman–Crippen MR) is 164 cm³/mol. The highest BCUT2D eigenvalue weighted by Gasteiger charge is 2.24. The molecule has 0 saturated heterocycles. The van der Waals surface area contributed by atoms with Crippen molar-refractivity contribution in [2.75, 3.05) is 27.7 Å². The van der Waals surface area contributed by atoms with Crippen molar-refractivity contribution in [2.24, 2.45) is 0 Å². The Labute approximate surface area is 235 Å². The highest BCUT2D eigenvalue weighted by Crippen LogP contribution is 2.30. The van der Waals surface area contributed by atoms with E-state index in [0.717, 1.165) is 36.2 Å². The van der Waals surface area contributed by atoms with Gasteiger partial charge in [-0.2, -0.15) is 0 Å². The number of aromatic nitrogens is 1. The van der Waals surface area contributed by atoms with Crippen LogP contribution in [0, 0.1) is 0 Å². The van der Waals surface area contributed by atoms with Gasteiger partial charge in [0.1, 0.15) is 0 Å². The molecule has 5 rings (SSSR count). The minimum Gasteiger partial charge on any atom is -0.343 e. The standard InChI is InChI=1S/C34H37N3OS/c1-35(2)22-21-31-25-37(24-27-13-7-4-8-14-27)33-20-19-28(23-32(31)33)26-39(38)36(3)34(29-15-9-5-10-16-29)30-17-11-6-12-18-30/h4-20,23,25,34H,21-22,24,26H2,1-3H3. The van der Waals surface area contributed by atoms with Gasteiger partial charge in [0.25, 0.3) is 0 Å². The van der Waals surface area contributed by atoms with Crippen molar-refractivity contribution < 1.29 is 4.21 Å². The maximum atomic E-state index is 13.8. The fraction of sp³-hybridized carbons (Fsp3) is 0.235. The molecular formula is C34H37N3OS. The van der Waals surface area contributed by atoms with E-state index in [0.29, 0.717) is 5.75 Å². The van der Waals surface area contributed by atoms with Crippen LogP contribution in [-0.4, -0.2) is 45.7 Å². The summed E-state index contributed by atoms with van der Waals surface area (Å²) in [6, 6.07) is 37.8. The smallest absolute Gasteiger partial charge is 0.0994 e. The van der Waals surface area contributed by atoms with Crippen molar-refractivity contribution in [3.05, 3.63) is 143 Å². The summed E-state index contributed by atoms with van der Waals surface area (Å²) in [5.74, 6) is 0.472. The largest absolute Gasteiger partial charge is 0.343 e. The number of benzene rings is 4. The average molecular weight is 536 g/mol. The molecule has 1 atom stereocenters. The molecule has 0 aliphatic heterocycles. The molecule has 5 aromatic rings. The van der Waals surface area contributed by atoms with Crippen molar-refractivity contribution in [1.82, 2.24) is 13.8 Å². The Morgan fingerprint density at radius 3 is 1.92 bits per heavy atom. The van der Waals surface area contributed by atoms with Gasteiger partial charge < -0.3 is 9.47 Å². The van der Waals surface area contributed by atoms with Crippen LogP contribution < -0.4 is 0 Å². The van der Waals surface area contributed by atoms with E-state index < -0.39 is 11.0 Å². The van der Waals surface area contributed by atoms with Crippen LogP contribution in [0.3, 0.4) is 0 Å². The second-order valence-electron chi connectivity index (χ2n) is 10.4. The molecule has 0 N–H and O–H groups in total. The normalized spacial score (nSPS) is 12.6. The summed E-state index contributed by atoms with van der Waals surface area (Å²) in [4.78, 5) is 2.22. The van der Waals surface area contributed by atoms with E-state index in [2.05, 4.69) is 103 Å². The van der Waals surface area contributed by atoms with Gasteiger partial charge in [0.15, 0.2) is 0 Å². The first-order valence-electron chi connectivity index (χ1n) is 13.5. The molecule has 4 nitrogen and oxygen atoms in total. The van der Waals surface area contributed by atoms with Gasteiger partial charge >= 0.3 is 0 Å². The Morgan fingerprint density at radius 1 is 0.744 bits per heavy atom. The van der Waals surface area contributed by atoms with Crippen LogP contribution in [0.5, 0.6) is 0 Å². The number of rotatable bonds is 11. The van der Waals surface area contributed by atoms with Crippen molar-refractivity contribution >= 4 is 21.9 Å². The molecule has 200 valence electrons. The van der Waals surface area contributed by atoms with Gasteiger partial charge in [0.05, 0.1) is 22.8 Å². The first kappa shape index (κ1) is 27.1. The summed E-state index contributed by atoms with van der Waals surface area (Å²) in [5.41, 5.74) is 7.21. The highest BCUT2D eigenvalue weighted by molar-refractivity contribution is 7.81. The van der Waals surface area contributed by atoms with Crippen LogP contribution in [0.4, 0.5) is 0 Å². The van der Waals surface area contributed by atoms with Crippen molar-refractivity contribution in [1.29, 1.82) is 0 Å². The molecule has 0 spiro atoms. The van der Waals surface area contributed by atoms with Gasteiger partial charge in [-0.15, -0.1) is 0 Å². The Morgan fingerprint density at radius 2 is 1.33 bits per heavy atom. The Hall–Kier alpha value is -3.51. The number of fused-ring (bicyclic) bond motifs is 1. The Kier molecular flexibility index (Phi) is 8.72. The van der Waals surface area contributed by atoms with Crippen LogP contribution in [-0.2, 0) is 29.7 Å². The van der Waals surface area contributed by atoms with Gasteiger partial charge in [0, 0.05) is 37.2 Å². The van der Waals surface area contributed by atoms with Gasteiger partial charge in [-0.25, -0.2) is 8.51 Å². The van der Waals surface area contributed by atoms with Gasteiger partial charge in [-0.3, -0.25) is 0 Å². The molecule has 5 heteroatoms. The number of hydrogen-bond acceptors (Lipinski definition) is 2. The van der Waals surface area contributed by atoms with Crippen LogP contribution in [0.25, 0.3) is 10.9 Å². The molecule has 4 aromatic carbocycles. The summed E-state index contributed by atoms with van der Waals surface area (Å²) in [6.07, 6.45) is 3.27. The topological polar surface area (TPSA) is 28.5 Å². The van der Waals surface area contributed by atoms with Crippen molar-refractivity contribution in [2.45, 2.75) is 24.8 Å². The minimum atomic E-state index is -1.21. The molecule has 1 unspecified atom stereocenters. The highest BCUT2D eigenvalue weighted by atomic mass is 32.2. The maximum Gasteiger partial charge on any atom is 0.0994 e. The molecule has 0 radical (unpaired) electrons. The third-order valence-electron chi connectivity index (χ3n) is 7.26. The third-order valence-corrected chi connectivity index (χ3v) is 8.69. The zero-order valence-electron chi connectivity index (χ0n) is 23.0. The van der Waals surface area contributed by atoms with Crippen LogP contribution in [0.1, 0.15) is 33.9 Å². The summed E-state index contributed by atoms with van der Waals surface area (Å²) < 4.78 is 18.2. The zero-order valence-corrected chi connectivity index (χ0v) is 23.9. The monoisotopic (exact) mass is 535 g/mol. The molecule has 0 saturated carbocycles. The van der Waals surface area contributed by atoms with Crippen LogP contribution in [0.2, 0.25) is 0 Å². The molecule has 0 fully saturated rings. The summed E-state index contributed by atoms with van der Waals surface area (Å²) in [7, 11) is 4.99. The quantitative estimate of drug-likeness (QED) is 0.189. The lowest BCUT2D eigenvalue weighted by molar-refractivity contribution is 0.414. The fourth-order valence-electron chi connectivity index (χ4n) is 5.21. The average Bonchev–Trinajstić information content (AvgIpc) is 3.30. The summed E-state index contributed by atoms with van der Waals surface area (Å²) >= 11 is 0. The number of likely N-dealkylation sites (N-methyl/N-ethyl adjacent to an activating group) is 1. The first-order chi connectivity index (χ1) is 19.0. The minimum absolute atomic E-state index is 0.0837. The van der Waals surface area contributed by atoms with Crippen LogP contribution >= 0.6 is 0 Å². The van der Waals surface area contributed by atoms with Crippen molar-refractivity contribution in [3.63, 3.8) is 0 Å². The summed E-state index contributed by atoms with van der Waals surface area (Å²) in [5, 5.41) is 1.26. The van der Waals surface area contributed by atoms with Gasteiger partial charge in [-0.1, -0.05) is 97.1 Å². The van der Waals surface area contributed by atoms with Crippen LogP contribution in [0.15, 0.2) is 115 Å². The van der Waals surface area contributed by atoms with E-state index >= 15 is 0 Å². The van der Waals surface area contributed by atoms with E-state index in [1.54, 1.807) is 0 Å². The molecule has 39 heavy (non-hydrogen) atoms. The predicted octanol–water partition coefficient (Wildman–Crippen LogP) is 6.68. The van der Waals surface area contributed by atoms with Gasteiger partial charge in [0.2, 0.25) is 0 Å². The maximum absolute atomic E-state index is 13.8. The molecule has 1 aromatic heterocycles. The van der Waals surface area contributed by atoms with E-state index in [9.17, 15) is 4.21 Å². The number of hydrogen-bond donors (Lipinski definition) is 0. The van der Waals surface area contributed by atoms with Crippen molar-refractivity contribution in [3.8, 4) is 0 Å². The Bertz CT molecular complexity index is 1470. The lowest BCUT2D eigenvalue weighted by Gasteiger charge is -2.28. The second-order valence-corrected chi connectivity index (χ2v) is 11.9. The molecule has 0 amide bonds. The lowest BCUT2D eigenvalue weighted by Crippen LogP contribution is -2.28. The zero-order chi connectivity index (χ0) is 27.2. The van der Waals surface area contributed by atoms with E-state index in [1.807, 2.05) is 47.8 Å². The second kappa shape index (κ2) is 12.6. The summed E-state index contributed by atoms with van der Waals surface area (Å²) in [6.45, 7) is 1.82. The molecule has 0 aliphatic rings. The fourth-order valence-corrected chi connectivity index (χ4v) is 6.35. The SMILES string of the molecule is CN(C)CCc1cn(Cc2ccccc2)c2ccc(CS(=O)N(C)C(c3ccccc3)c3ccccc3)cc12. The van der Waals surface area contributed by atoms with Gasteiger partial charge in [-0.05, 0) is 60.5 Å². The van der Waals surface area contributed by atoms with E-state index in [1.165, 1.54) is 22.0 Å². The third kappa shape index (κ3) is 6.56. The molecule has 1 heterocycles.